The minimum absolute atomic E-state index is 0.0424. The first-order valence-corrected chi connectivity index (χ1v) is 6.32. The fourth-order valence-electron chi connectivity index (χ4n) is 2.05. The Bertz CT molecular complexity index is 389. The molecule has 1 aliphatic carbocycles. The van der Waals surface area contributed by atoms with E-state index in [2.05, 4.69) is 28.1 Å². The number of benzene rings is 1. The lowest BCUT2D eigenvalue weighted by molar-refractivity contribution is -0.142. The topological polar surface area (TPSA) is 26.3 Å². The summed E-state index contributed by atoms with van der Waals surface area (Å²) in [5.41, 5.74) is 1.32. The van der Waals surface area contributed by atoms with Gasteiger partial charge in [-0.05, 0) is 42.9 Å². The molecule has 0 aromatic heterocycles. The molecule has 1 aliphatic rings. The average molecular weight is 283 g/mol. The second-order valence-electron chi connectivity index (χ2n) is 4.29. The van der Waals surface area contributed by atoms with E-state index < -0.39 is 0 Å². The van der Waals surface area contributed by atoms with Crippen LogP contribution in [0.5, 0.6) is 0 Å². The van der Waals surface area contributed by atoms with Crippen LogP contribution in [-0.4, -0.2) is 13.1 Å². The second kappa shape index (κ2) is 5.00. The van der Waals surface area contributed by atoms with Crippen molar-refractivity contribution in [2.75, 3.05) is 7.11 Å². The van der Waals surface area contributed by atoms with Crippen molar-refractivity contribution in [2.45, 2.75) is 19.3 Å². The Morgan fingerprint density at radius 3 is 3.06 bits per heavy atom. The normalized spacial score (nSPS) is 22.9. The summed E-state index contributed by atoms with van der Waals surface area (Å²) in [5, 5.41) is 0. The molecular formula is C13H15BrO2. The van der Waals surface area contributed by atoms with Crippen molar-refractivity contribution >= 4 is 21.9 Å². The molecule has 1 aromatic carbocycles. The Morgan fingerprint density at radius 1 is 1.56 bits per heavy atom. The predicted octanol–water partition coefficient (Wildman–Crippen LogP) is 3.19. The molecule has 2 rings (SSSR count). The summed E-state index contributed by atoms with van der Waals surface area (Å²) < 4.78 is 5.85. The molecule has 2 unspecified atom stereocenters. The highest BCUT2D eigenvalue weighted by Crippen LogP contribution is 2.42. The summed E-state index contributed by atoms with van der Waals surface area (Å²) in [4.78, 5) is 11.2. The van der Waals surface area contributed by atoms with Gasteiger partial charge in [-0.25, -0.2) is 0 Å². The van der Waals surface area contributed by atoms with Gasteiger partial charge in [0.15, 0.2) is 0 Å². The molecule has 0 aliphatic heterocycles. The summed E-state index contributed by atoms with van der Waals surface area (Å²) in [6, 6.07) is 8.33. The first-order chi connectivity index (χ1) is 7.70. The number of esters is 1. The van der Waals surface area contributed by atoms with E-state index in [1.165, 1.54) is 12.7 Å². The molecule has 86 valence electrons. The smallest absolute Gasteiger partial charge is 0.308 e. The standard InChI is InChI=1S/C13H15BrO2/c1-16-13(15)12-8-10(12)6-5-9-3-2-4-11(14)7-9/h2-4,7,10,12H,5-6,8H2,1H3. The van der Waals surface area contributed by atoms with Crippen molar-refractivity contribution in [2.24, 2.45) is 11.8 Å². The zero-order chi connectivity index (χ0) is 11.5. The minimum Gasteiger partial charge on any atom is -0.469 e. The lowest BCUT2D eigenvalue weighted by atomic mass is 10.1. The van der Waals surface area contributed by atoms with Crippen LogP contribution in [0.4, 0.5) is 0 Å². The summed E-state index contributed by atoms with van der Waals surface area (Å²) in [6.45, 7) is 0. The van der Waals surface area contributed by atoms with Crippen LogP contribution in [-0.2, 0) is 16.0 Å². The van der Waals surface area contributed by atoms with Crippen molar-refractivity contribution in [1.82, 2.24) is 0 Å². The monoisotopic (exact) mass is 282 g/mol. The van der Waals surface area contributed by atoms with Crippen molar-refractivity contribution < 1.29 is 9.53 Å². The molecule has 0 radical (unpaired) electrons. The molecular weight excluding hydrogens is 268 g/mol. The van der Waals surface area contributed by atoms with Gasteiger partial charge in [-0.1, -0.05) is 28.1 Å². The Hall–Kier alpha value is -0.830. The van der Waals surface area contributed by atoms with Gasteiger partial charge in [0.1, 0.15) is 0 Å². The molecule has 2 atom stereocenters. The number of rotatable bonds is 4. The lowest BCUT2D eigenvalue weighted by Gasteiger charge is -2.01. The van der Waals surface area contributed by atoms with Crippen LogP contribution >= 0.6 is 15.9 Å². The van der Waals surface area contributed by atoms with E-state index in [4.69, 9.17) is 4.74 Å². The van der Waals surface area contributed by atoms with Crippen molar-refractivity contribution in [3.63, 3.8) is 0 Å². The van der Waals surface area contributed by atoms with E-state index in [-0.39, 0.29) is 11.9 Å². The van der Waals surface area contributed by atoms with Gasteiger partial charge < -0.3 is 4.74 Å². The van der Waals surface area contributed by atoms with Crippen LogP contribution in [0.1, 0.15) is 18.4 Å². The van der Waals surface area contributed by atoms with Gasteiger partial charge in [0.25, 0.3) is 0 Å². The van der Waals surface area contributed by atoms with Crippen molar-refractivity contribution in [1.29, 1.82) is 0 Å². The van der Waals surface area contributed by atoms with Gasteiger partial charge in [-0.2, -0.15) is 0 Å². The molecule has 3 heteroatoms. The molecule has 0 saturated heterocycles. The number of carbonyl (C=O) groups excluding carboxylic acids is 1. The van der Waals surface area contributed by atoms with E-state index in [9.17, 15) is 4.79 Å². The van der Waals surface area contributed by atoms with Crippen LogP contribution < -0.4 is 0 Å². The molecule has 0 heterocycles. The number of carbonyl (C=O) groups is 1. The third kappa shape index (κ3) is 2.85. The Kier molecular flexibility index (Phi) is 3.64. The van der Waals surface area contributed by atoms with E-state index >= 15 is 0 Å². The molecule has 0 bridgehead atoms. The van der Waals surface area contributed by atoms with Crippen LogP contribution in [0, 0.1) is 11.8 Å². The predicted molar refractivity (Wildman–Crippen MR) is 66.1 cm³/mol. The van der Waals surface area contributed by atoms with Crippen LogP contribution in [0.3, 0.4) is 0 Å². The fraction of sp³-hybridized carbons (Fsp3) is 0.462. The molecule has 1 saturated carbocycles. The maximum atomic E-state index is 11.2. The van der Waals surface area contributed by atoms with Crippen molar-refractivity contribution in [3.8, 4) is 0 Å². The number of hydrogen-bond donors (Lipinski definition) is 0. The first-order valence-electron chi connectivity index (χ1n) is 5.53. The number of aryl methyl sites for hydroxylation is 1. The molecule has 2 nitrogen and oxygen atoms in total. The van der Waals surface area contributed by atoms with Gasteiger partial charge in [-0.3, -0.25) is 4.79 Å². The first kappa shape index (κ1) is 11.6. The molecule has 0 spiro atoms. The highest BCUT2D eigenvalue weighted by Gasteiger charge is 2.43. The lowest BCUT2D eigenvalue weighted by Crippen LogP contribution is -2.04. The van der Waals surface area contributed by atoms with E-state index in [0.29, 0.717) is 5.92 Å². The molecule has 1 aromatic rings. The van der Waals surface area contributed by atoms with E-state index in [1.54, 1.807) is 0 Å². The fourth-order valence-corrected chi connectivity index (χ4v) is 2.50. The maximum absolute atomic E-state index is 11.2. The highest BCUT2D eigenvalue weighted by atomic mass is 79.9. The van der Waals surface area contributed by atoms with E-state index in [0.717, 1.165) is 23.7 Å². The quantitative estimate of drug-likeness (QED) is 0.793. The largest absolute Gasteiger partial charge is 0.469 e. The van der Waals surface area contributed by atoms with Crippen molar-refractivity contribution in [3.05, 3.63) is 34.3 Å². The van der Waals surface area contributed by atoms with Crippen LogP contribution in [0.25, 0.3) is 0 Å². The Balaban J connectivity index is 1.79. The highest BCUT2D eigenvalue weighted by molar-refractivity contribution is 9.10. The molecule has 1 fully saturated rings. The zero-order valence-electron chi connectivity index (χ0n) is 9.28. The van der Waals surface area contributed by atoms with Gasteiger partial charge in [0.2, 0.25) is 0 Å². The third-order valence-corrected chi connectivity index (χ3v) is 3.61. The summed E-state index contributed by atoms with van der Waals surface area (Å²) in [7, 11) is 1.46. The number of methoxy groups -OCH3 is 1. The van der Waals surface area contributed by atoms with Gasteiger partial charge in [-0.15, -0.1) is 0 Å². The number of hydrogen-bond acceptors (Lipinski definition) is 2. The van der Waals surface area contributed by atoms with E-state index in [1.807, 2.05) is 12.1 Å². The summed E-state index contributed by atoms with van der Waals surface area (Å²) >= 11 is 3.46. The summed E-state index contributed by atoms with van der Waals surface area (Å²) in [6.07, 6.45) is 3.12. The van der Waals surface area contributed by atoms with Gasteiger partial charge in [0.05, 0.1) is 13.0 Å². The number of halogens is 1. The Morgan fingerprint density at radius 2 is 2.38 bits per heavy atom. The number of ether oxygens (including phenoxy) is 1. The second-order valence-corrected chi connectivity index (χ2v) is 5.21. The SMILES string of the molecule is COC(=O)C1CC1CCc1cccc(Br)c1. The molecule has 0 amide bonds. The molecule has 16 heavy (non-hydrogen) atoms. The molecule has 0 N–H and O–H groups in total. The maximum Gasteiger partial charge on any atom is 0.308 e. The summed E-state index contributed by atoms with van der Waals surface area (Å²) in [5.74, 6) is 0.655. The van der Waals surface area contributed by atoms with Crippen LogP contribution in [0.2, 0.25) is 0 Å². The minimum atomic E-state index is -0.0424. The average Bonchev–Trinajstić information content (AvgIpc) is 3.05. The van der Waals surface area contributed by atoms with Crippen LogP contribution in [0.15, 0.2) is 28.7 Å². The third-order valence-electron chi connectivity index (χ3n) is 3.12. The van der Waals surface area contributed by atoms with Gasteiger partial charge >= 0.3 is 5.97 Å². The van der Waals surface area contributed by atoms with Gasteiger partial charge in [0, 0.05) is 4.47 Å². The Labute approximate surface area is 104 Å². The zero-order valence-corrected chi connectivity index (χ0v) is 10.9.